The fourth-order valence-electron chi connectivity index (χ4n) is 3.67. The van der Waals surface area contributed by atoms with Gasteiger partial charge in [0.1, 0.15) is 17.0 Å². The number of hydrogen-bond acceptors (Lipinski definition) is 6. The number of rotatable bonds is 5. The maximum absolute atomic E-state index is 12.7. The lowest BCUT2D eigenvalue weighted by Crippen LogP contribution is -2.49. The zero-order valence-electron chi connectivity index (χ0n) is 17.3. The van der Waals surface area contributed by atoms with Gasteiger partial charge in [0.2, 0.25) is 10.0 Å². The molecule has 0 radical (unpaired) electrons. The van der Waals surface area contributed by atoms with Crippen LogP contribution in [-0.4, -0.2) is 35.3 Å². The van der Waals surface area contributed by atoms with Crippen molar-refractivity contribution < 1.29 is 17.9 Å². The number of ether oxygens (including phenoxy) is 1. The van der Waals surface area contributed by atoms with Crippen molar-refractivity contribution in [1.29, 1.82) is 0 Å². The van der Waals surface area contributed by atoms with E-state index in [0.29, 0.717) is 31.5 Å². The number of alkyl carbamates (subject to hydrolysis) is 1. The molecule has 0 atom stereocenters. The number of fused-ring (bicyclic) bond motifs is 1. The molecule has 0 aliphatic heterocycles. The molecule has 1 saturated carbocycles. The Morgan fingerprint density at radius 1 is 1.13 bits per heavy atom. The summed E-state index contributed by atoms with van der Waals surface area (Å²) >= 11 is 0. The quantitative estimate of drug-likeness (QED) is 0.755. The minimum atomic E-state index is -3.45. The summed E-state index contributed by atoms with van der Waals surface area (Å²) < 4.78 is 32.7. The Hall–Kier alpha value is -2.68. The number of hydrogen-bond donors (Lipinski definition) is 2. The van der Waals surface area contributed by atoms with E-state index >= 15 is 0 Å². The van der Waals surface area contributed by atoms with Gasteiger partial charge in [0.05, 0.1) is 5.25 Å². The number of benzene rings is 1. The lowest BCUT2D eigenvalue weighted by atomic mass is 9.94. The zero-order chi connectivity index (χ0) is 21.6. The van der Waals surface area contributed by atoms with Gasteiger partial charge in [-0.25, -0.2) is 23.2 Å². The van der Waals surface area contributed by atoms with Crippen LogP contribution in [0.2, 0.25) is 0 Å². The van der Waals surface area contributed by atoms with E-state index in [4.69, 9.17) is 4.74 Å². The van der Waals surface area contributed by atoms with E-state index in [0.717, 1.165) is 11.1 Å². The number of nitrogens with zero attached hydrogens (tertiary/aromatic N) is 2. The third kappa shape index (κ3) is 4.40. The van der Waals surface area contributed by atoms with Crippen LogP contribution < -0.4 is 10.0 Å². The molecule has 4 rings (SSSR count). The van der Waals surface area contributed by atoms with Crippen LogP contribution in [0.4, 0.5) is 10.6 Å². The molecule has 2 aromatic rings. The average Bonchev–Trinajstić information content (AvgIpc) is 3.42. The first-order chi connectivity index (χ1) is 14.1. The van der Waals surface area contributed by atoms with Crippen molar-refractivity contribution in [2.24, 2.45) is 0 Å². The van der Waals surface area contributed by atoms with Crippen LogP contribution in [0.3, 0.4) is 0 Å². The highest BCUT2D eigenvalue weighted by molar-refractivity contribution is 7.93. The second kappa shape index (κ2) is 7.23. The molecule has 0 unspecified atom stereocenters. The van der Waals surface area contributed by atoms with E-state index in [2.05, 4.69) is 20.0 Å². The number of aromatic nitrogens is 2. The standard InChI is InChI=1S/C21H26N4O4S/c1-20(2,3)29-19(26)24-21(12-14-6-4-5-7-15(14)13-21)18-22-11-10-17(23-18)25-30(27,28)16-8-9-16/h4-7,10-11,16H,8-9,12-13H2,1-3H3,(H,24,26)(H,22,23,25). The average molecular weight is 431 g/mol. The summed E-state index contributed by atoms with van der Waals surface area (Å²) in [5.74, 6) is 0.550. The van der Waals surface area contributed by atoms with E-state index in [1.54, 1.807) is 20.8 Å². The molecule has 2 aliphatic carbocycles. The summed E-state index contributed by atoms with van der Waals surface area (Å²) in [6, 6.07) is 9.43. The molecule has 2 aliphatic rings. The van der Waals surface area contributed by atoms with Crippen molar-refractivity contribution in [2.45, 2.75) is 62.8 Å². The first kappa shape index (κ1) is 20.6. The van der Waals surface area contributed by atoms with Crippen molar-refractivity contribution in [3.05, 3.63) is 53.5 Å². The van der Waals surface area contributed by atoms with Crippen LogP contribution in [0.15, 0.2) is 36.5 Å². The van der Waals surface area contributed by atoms with Crippen LogP contribution in [-0.2, 0) is 33.1 Å². The third-order valence-corrected chi connectivity index (χ3v) is 6.98. The number of nitrogens with one attached hydrogen (secondary N) is 2. The molecule has 1 aromatic heterocycles. The van der Waals surface area contributed by atoms with Gasteiger partial charge in [-0.3, -0.25) is 4.72 Å². The molecule has 0 saturated heterocycles. The largest absolute Gasteiger partial charge is 0.444 e. The van der Waals surface area contributed by atoms with Gasteiger partial charge in [-0.05, 0) is 50.8 Å². The molecule has 1 aromatic carbocycles. The van der Waals surface area contributed by atoms with Crippen LogP contribution in [0.25, 0.3) is 0 Å². The summed E-state index contributed by atoms with van der Waals surface area (Å²) in [6.07, 6.45) is 3.24. The second-order valence-electron chi connectivity index (χ2n) is 8.94. The minimum absolute atomic E-state index is 0.202. The fourth-order valence-corrected chi connectivity index (χ4v) is 5.00. The van der Waals surface area contributed by atoms with Crippen molar-refractivity contribution >= 4 is 21.9 Å². The number of carbonyl (C=O) groups excluding carboxylic acids is 1. The maximum atomic E-state index is 12.7. The molecule has 1 amide bonds. The predicted octanol–water partition coefficient (Wildman–Crippen LogP) is 2.90. The molecule has 9 heteroatoms. The van der Waals surface area contributed by atoms with E-state index < -0.39 is 27.3 Å². The highest BCUT2D eigenvalue weighted by atomic mass is 32.2. The summed E-state index contributed by atoms with van der Waals surface area (Å²) in [4.78, 5) is 21.5. The molecule has 1 fully saturated rings. The van der Waals surface area contributed by atoms with Gasteiger partial charge in [0.25, 0.3) is 0 Å². The van der Waals surface area contributed by atoms with Gasteiger partial charge in [-0.15, -0.1) is 0 Å². The minimum Gasteiger partial charge on any atom is -0.444 e. The SMILES string of the molecule is CC(C)(C)OC(=O)NC1(c2nccc(NS(=O)(=O)C3CC3)n2)Cc2ccccc2C1. The highest BCUT2D eigenvalue weighted by Crippen LogP contribution is 2.37. The van der Waals surface area contributed by atoms with E-state index in [9.17, 15) is 13.2 Å². The van der Waals surface area contributed by atoms with Crippen molar-refractivity contribution in [3.8, 4) is 0 Å². The molecular weight excluding hydrogens is 404 g/mol. The Labute approximate surface area is 176 Å². The van der Waals surface area contributed by atoms with Gasteiger partial charge >= 0.3 is 6.09 Å². The van der Waals surface area contributed by atoms with Crippen LogP contribution in [0, 0.1) is 0 Å². The second-order valence-corrected chi connectivity index (χ2v) is 10.9. The maximum Gasteiger partial charge on any atom is 0.408 e. The first-order valence-electron chi connectivity index (χ1n) is 9.99. The van der Waals surface area contributed by atoms with E-state index in [-0.39, 0.29) is 11.1 Å². The van der Waals surface area contributed by atoms with Gasteiger partial charge in [0, 0.05) is 19.0 Å². The molecule has 30 heavy (non-hydrogen) atoms. The number of amides is 1. The third-order valence-electron chi connectivity index (χ3n) is 5.14. The van der Waals surface area contributed by atoms with Gasteiger partial charge in [-0.2, -0.15) is 0 Å². The lowest BCUT2D eigenvalue weighted by molar-refractivity contribution is 0.0450. The van der Waals surface area contributed by atoms with Crippen LogP contribution in [0.1, 0.15) is 50.6 Å². The van der Waals surface area contributed by atoms with E-state index in [1.807, 2.05) is 24.3 Å². The lowest BCUT2D eigenvalue weighted by Gasteiger charge is -2.30. The summed E-state index contributed by atoms with van der Waals surface area (Å²) in [7, 11) is -3.45. The van der Waals surface area contributed by atoms with Crippen molar-refractivity contribution in [3.63, 3.8) is 0 Å². The predicted molar refractivity (Wildman–Crippen MR) is 112 cm³/mol. The van der Waals surface area contributed by atoms with Crippen LogP contribution >= 0.6 is 0 Å². The first-order valence-corrected chi connectivity index (χ1v) is 11.5. The molecule has 0 bridgehead atoms. The Balaban J connectivity index is 1.67. The van der Waals surface area contributed by atoms with Gasteiger partial charge in [0.15, 0.2) is 5.82 Å². The van der Waals surface area contributed by atoms with Gasteiger partial charge < -0.3 is 10.1 Å². The normalized spacial score (nSPS) is 17.8. The molecular formula is C21H26N4O4S. The smallest absolute Gasteiger partial charge is 0.408 e. The van der Waals surface area contributed by atoms with Crippen molar-refractivity contribution in [2.75, 3.05) is 4.72 Å². The zero-order valence-corrected chi connectivity index (χ0v) is 18.1. The topological polar surface area (TPSA) is 110 Å². The van der Waals surface area contributed by atoms with Crippen LogP contribution in [0.5, 0.6) is 0 Å². The molecule has 1 heterocycles. The molecule has 8 nitrogen and oxygen atoms in total. The Bertz CT molecular complexity index is 1050. The fraction of sp³-hybridized carbons (Fsp3) is 0.476. The molecule has 160 valence electrons. The number of carbonyl (C=O) groups is 1. The summed E-state index contributed by atoms with van der Waals surface area (Å²) in [6.45, 7) is 5.39. The monoisotopic (exact) mass is 430 g/mol. The van der Waals surface area contributed by atoms with Gasteiger partial charge in [-0.1, -0.05) is 24.3 Å². The number of sulfonamides is 1. The summed E-state index contributed by atoms with van der Waals surface area (Å²) in [5.41, 5.74) is 0.592. The van der Waals surface area contributed by atoms with E-state index in [1.165, 1.54) is 12.3 Å². The Morgan fingerprint density at radius 2 is 1.77 bits per heavy atom. The molecule has 2 N–H and O–H groups in total. The Kier molecular flexibility index (Phi) is 4.96. The van der Waals surface area contributed by atoms with Crippen molar-refractivity contribution in [1.82, 2.24) is 15.3 Å². The number of anilines is 1. The molecule has 0 spiro atoms. The summed E-state index contributed by atoms with van der Waals surface area (Å²) in [5, 5.41) is 2.61. The Morgan fingerprint density at radius 3 is 2.33 bits per heavy atom. The highest BCUT2D eigenvalue weighted by Gasteiger charge is 2.44.